The Morgan fingerprint density at radius 3 is 2.13 bits per heavy atom. The minimum absolute atomic E-state index is 0.848. The fraction of sp³-hybridized carbons (Fsp3) is 1.00. The van der Waals surface area contributed by atoms with Crippen molar-refractivity contribution in [2.75, 3.05) is 0 Å². The summed E-state index contributed by atoms with van der Waals surface area (Å²) in [7, 11) is 0. The third kappa shape index (κ3) is 3.81. The standard InChI is InChI=1S/C15H30/c1-11(2)13(4)14(5)15-8-6-7-12(3)9-10-15/h11-15H,6-10H2,1-5H3. The number of hydrogen-bond acceptors (Lipinski definition) is 0. The Morgan fingerprint density at radius 1 is 0.867 bits per heavy atom. The van der Waals surface area contributed by atoms with E-state index in [9.17, 15) is 0 Å². The molecule has 4 unspecified atom stereocenters. The molecule has 0 aliphatic heterocycles. The van der Waals surface area contributed by atoms with E-state index in [0.717, 1.165) is 29.6 Å². The average Bonchev–Trinajstić information content (AvgIpc) is 2.40. The maximum Gasteiger partial charge on any atom is -0.0386 e. The summed E-state index contributed by atoms with van der Waals surface area (Å²) in [5, 5.41) is 0. The molecule has 0 heteroatoms. The van der Waals surface area contributed by atoms with Gasteiger partial charge in [-0.3, -0.25) is 0 Å². The highest BCUT2D eigenvalue weighted by molar-refractivity contribution is 4.76. The first-order valence-corrected chi connectivity index (χ1v) is 7.02. The molecule has 90 valence electrons. The lowest BCUT2D eigenvalue weighted by Gasteiger charge is -2.30. The van der Waals surface area contributed by atoms with Crippen LogP contribution in [-0.2, 0) is 0 Å². The molecule has 15 heavy (non-hydrogen) atoms. The summed E-state index contributed by atoms with van der Waals surface area (Å²) >= 11 is 0. The summed E-state index contributed by atoms with van der Waals surface area (Å²) in [5.74, 6) is 4.66. The Morgan fingerprint density at radius 2 is 1.53 bits per heavy atom. The van der Waals surface area contributed by atoms with Gasteiger partial charge in [0.25, 0.3) is 0 Å². The Labute approximate surface area is 96.8 Å². The van der Waals surface area contributed by atoms with E-state index in [0.29, 0.717) is 0 Å². The van der Waals surface area contributed by atoms with E-state index in [2.05, 4.69) is 34.6 Å². The van der Waals surface area contributed by atoms with E-state index in [1.807, 2.05) is 0 Å². The third-order valence-corrected chi connectivity index (χ3v) is 4.93. The molecular formula is C15H30. The molecule has 0 bridgehead atoms. The van der Waals surface area contributed by atoms with Crippen LogP contribution in [0, 0.1) is 29.6 Å². The Hall–Kier alpha value is 0. The molecule has 0 aromatic rings. The Kier molecular flexibility index (Phi) is 5.15. The molecule has 0 aromatic carbocycles. The van der Waals surface area contributed by atoms with Gasteiger partial charge in [0.2, 0.25) is 0 Å². The second-order valence-electron chi connectivity index (χ2n) is 6.34. The van der Waals surface area contributed by atoms with Crippen LogP contribution in [0.15, 0.2) is 0 Å². The summed E-state index contributed by atoms with van der Waals surface area (Å²) in [6.07, 6.45) is 7.39. The van der Waals surface area contributed by atoms with Crippen molar-refractivity contribution in [1.29, 1.82) is 0 Å². The SMILES string of the molecule is CC1CCCC(C(C)C(C)C(C)C)CC1. The van der Waals surface area contributed by atoms with E-state index in [1.54, 1.807) is 0 Å². The lowest BCUT2D eigenvalue weighted by molar-refractivity contribution is 0.193. The monoisotopic (exact) mass is 210 g/mol. The maximum atomic E-state index is 2.49. The van der Waals surface area contributed by atoms with Crippen molar-refractivity contribution in [3.63, 3.8) is 0 Å². The molecule has 1 rings (SSSR count). The lowest BCUT2D eigenvalue weighted by Crippen LogP contribution is -2.22. The van der Waals surface area contributed by atoms with Crippen molar-refractivity contribution in [3.05, 3.63) is 0 Å². The predicted octanol–water partition coefficient (Wildman–Crippen LogP) is 5.13. The normalized spacial score (nSPS) is 32.4. The van der Waals surface area contributed by atoms with E-state index in [4.69, 9.17) is 0 Å². The topological polar surface area (TPSA) is 0 Å². The molecule has 1 aliphatic carbocycles. The van der Waals surface area contributed by atoms with Gasteiger partial charge in [-0.15, -0.1) is 0 Å². The van der Waals surface area contributed by atoms with Gasteiger partial charge in [0.05, 0.1) is 0 Å². The summed E-state index contributed by atoms with van der Waals surface area (Å²) in [6, 6.07) is 0. The molecule has 1 aliphatic rings. The fourth-order valence-electron chi connectivity index (χ4n) is 3.08. The van der Waals surface area contributed by atoms with E-state index < -0.39 is 0 Å². The molecule has 4 atom stereocenters. The zero-order chi connectivity index (χ0) is 11.4. The summed E-state index contributed by atoms with van der Waals surface area (Å²) < 4.78 is 0. The first kappa shape index (κ1) is 13.1. The van der Waals surface area contributed by atoms with Gasteiger partial charge in [-0.1, -0.05) is 60.3 Å². The van der Waals surface area contributed by atoms with Crippen LogP contribution in [0.25, 0.3) is 0 Å². The van der Waals surface area contributed by atoms with Gasteiger partial charge in [-0.25, -0.2) is 0 Å². The van der Waals surface area contributed by atoms with Crippen molar-refractivity contribution < 1.29 is 0 Å². The molecule has 0 heterocycles. The van der Waals surface area contributed by atoms with Crippen molar-refractivity contribution in [2.45, 2.75) is 66.7 Å². The minimum atomic E-state index is 0.848. The van der Waals surface area contributed by atoms with Crippen LogP contribution in [0.4, 0.5) is 0 Å². The molecule has 0 saturated heterocycles. The third-order valence-electron chi connectivity index (χ3n) is 4.93. The molecule has 0 amide bonds. The van der Waals surface area contributed by atoms with Gasteiger partial charge in [-0.05, 0) is 36.0 Å². The van der Waals surface area contributed by atoms with E-state index in [1.165, 1.54) is 32.1 Å². The van der Waals surface area contributed by atoms with Crippen LogP contribution in [0.2, 0.25) is 0 Å². The number of hydrogen-bond donors (Lipinski definition) is 0. The molecule has 1 saturated carbocycles. The van der Waals surface area contributed by atoms with Gasteiger partial charge in [0.15, 0.2) is 0 Å². The van der Waals surface area contributed by atoms with Gasteiger partial charge in [-0.2, -0.15) is 0 Å². The lowest BCUT2D eigenvalue weighted by atomic mass is 9.75. The Bertz CT molecular complexity index is 171. The largest absolute Gasteiger partial charge is 0.0625 e. The fourth-order valence-corrected chi connectivity index (χ4v) is 3.08. The quantitative estimate of drug-likeness (QED) is 0.566. The predicted molar refractivity (Wildman–Crippen MR) is 68.9 cm³/mol. The highest BCUT2D eigenvalue weighted by atomic mass is 14.3. The van der Waals surface area contributed by atoms with Crippen molar-refractivity contribution in [1.82, 2.24) is 0 Å². The first-order valence-electron chi connectivity index (χ1n) is 7.02. The zero-order valence-corrected chi connectivity index (χ0v) is 11.4. The zero-order valence-electron chi connectivity index (χ0n) is 11.4. The van der Waals surface area contributed by atoms with Gasteiger partial charge >= 0.3 is 0 Å². The minimum Gasteiger partial charge on any atom is -0.0625 e. The first-order chi connectivity index (χ1) is 7.02. The summed E-state index contributed by atoms with van der Waals surface area (Å²) in [5.41, 5.74) is 0. The second kappa shape index (κ2) is 5.92. The second-order valence-corrected chi connectivity index (χ2v) is 6.34. The highest BCUT2D eigenvalue weighted by Crippen LogP contribution is 2.36. The van der Waals surface area contributed by atoms with Crippen LogP contribution < -0.4 is 0 Å². The van der Waals surface area contributed by atoms with Crippen molar-refractivity contribution in [3.8, 4) is 0 Å². The van der Waals surface area contributed by atoms with Crippen molar-refractivity contribution in [2.24, 2.45) is 29.6 Å². The van der Waals surface area contributed by atoms with Crippen LogP contribution in [0.1, 0.15) is 66.7 Å². The van der Waals surface area contributed by atoms with Gasteiger partial charge in [0, 0.05) is 0 Å². The smallest absolute Gasteiger partial charge is 0.0386 e. The van der Waals surface area contributed by atoms with Crippen LogP contribution in [-0.4, -0.2) is 0 Å². The molecule has 0 spiro atoms. The summed E-state index contributed by atoms with van der Waals surface area (Å²) in [6.45, 7) is 12.1. The maximum absolute atomic E-state index is 2.49. The molecular weight excluding hydrogens is 180 g/mol. The van der Waals surface area contributed by atoms with Crippen LogP contribution in [0.3, 0.4) is 0 Å². The molecule has 0 aromatic heterocycles. The van der Waals surface area contributed by atoms with Crippen LogP contribution >= 0.6 is 0 Å². The molecule has 0 radical (unpaired) electrons. The average molecular weight is 210 g/mol. The summed E-state index contributed by atoms with van der Waals surface area (Å²) in [4.78, 5) is 0. The van der Waals surface area contributed by atoms with Crippen molar-refractivity contribution >= 4 is 0 Å². The van der Waals surface area contributed by atoms with Gasteiger partial charge in [0.1, 0.15) is 0 Å². The number of rotatable bonds is 3. The van der Waals surface area contributed by atoms with Gasteiger partial charge < -0.3 is 0 Å². The van der Waals surface area contributed by atoms with E-state index >= 15 is 0 Å². The molecule has 0 N–H and O–H groups in total. The van der Waals surface area contributed by atoms with Crippen LogP contribution in [0.5, 0.6) is 0 Å². The molecule has 0 nitrogen and oxygen atoms in total. The highest BCUT2D eigenvalue weighted by Gasteiger charge is 2.26. The Balaban J connectivity index is 2.47. The van der Waals surface area contributed by atoms with E-state index in [-0.39, 0.29) is 0 Å². The molecule has 1 fully saturated rings.